The van der Waals surface area contributed by atoms with E-state index < -0.39 is 23.6 Å². The molecular weight excluding hydrogens is 455 g/mol. The molecule has 1 aliphatic heterocycles. The van der Waals surface area contributed by atoms with Crippen LogP contribution in [0.5, 0.6) is 0 Å². The summed E-state index contributed by atoms with van der Waals surface area (Å²) in [6.45, 7) is 3.49. The van der Waals surface area contributed by atoms with Gasteiger partial charge in [-0.2, -0.15) is 0 Å². The van der Waals surface area contributed by atoms with Gasteiger partial charge in [0.2, 0.25) is 0 Å². The Bertz CT molecular complexity index is 1270. The molecule has 0 atom stereocenters. The van der Waals surface area contributed by atoms with Crippen LogP contribution in [0.1, 0.15) is 24.2 Å². The molecule has 3 aromatic carbocycles. The first-order valence-electron chi connectivity index (χ1n) is 10.5. The normalized spacial score (nSPS) is 13.6. The third-order valence-electron chi connectivity index (χ3n) is 4.84. The first-order chi connectivity index (χ1) is 16.3. The average molecular weight is 477 g/mol. The molecule has 0 aliphatic carbocycles. The molecule has 0 fully saturated rings. The number of nitrogens with one attached hydrogen (secondary N) is 1. The fourth-order valence-corrected chi connectivity index (χ4v) is 4.23. The van der Waals surface area contributed by atoms with Crippen molar-refractivity contribution in [3.8, 4) is 0 Å². The second-order valence-corrected chi connectivity index (χ2v) is 8.75. The molecule has 4 rings (SSSR count). The summed E-state index contributed by atoms with van der Waals surface area (Å²) in [7, 11) is 0. The number of rotatable bonds is 7. The highest BCUT2D eigenvalue weighted by molar-refractivity contribution is 8.04. The van der Waals surface area contributed by atoms with Gasteiger partial charge in [0.25, 0.3) is 11.8 Å². The Kier molecular flexibility index (Phi) is 6.79. The minimum atomic E-state index is -0.621. The second kappa shape index (κ2) is 9.93. The molecule has 34 heavy (non-hydrogen) atoms. The molecule has 0 saturated carbocycles. The number of para-hydroxylation sites is 1. The fraction of sp³-hybridized carbons (Fsp3) is 0.115. The van der Waals surface area contributed by atoms with Crippen LogP contribution in [0.3, 0.4) is 0 Å². The van der Waals surface area contributed by atoms with Crippen molar-refractivity contribution < 1.29 is 23.5 Å². The van der Waals surface area contributed by atoms with E-state index in [2.05, 4.69) is 5.32 Å². The molecule has 1 N–H and O–H groups in total. The first kappa shape index (κ1) is 23.3. The van der Waals surface area contributed by atoms with Gasteiger partial charge in [-0.15, -0.1) is 0 Å². The number of amides is 2. The Balaban J connectivity index is 1.67. The zero-order valence-electron chi connectivity index (χ0n) is 18.4. The molecule has 0 aromatic heterocycles. The summed E-state index contributed by atoms with van der Waals surface area (Å²) in [6, 6.07) is 21.0. The highest BCUT2D eigenvalue weighted by Crippen LogP contribution is 2.38. The first-order valence-corrected chi connectivity index (χ1v) is 11.4. The number of imide groups is 1. The number of esters is 1. The molecule has 0 radical (unpaired) electrons. The summed E-state index contributed by atoms with van der Waals surface area (Å²) in [6.07, 6.45) is -0.275. The minimum absolute atomic E-state index is 0.0211. The average Bonchev–Trinajstić information content (AvgIpc) is 3.05. The van der Waals surface area contributed by atoms with Gasteiger partial charge in [0.1, 0.15) is 16.4 Å². The Labute approximate surface area is 200 Å². The maximum atomic E-state index is 14.3. The van der Waals surface area contributed by atoms with E-state index in [1.165, 1.54) is 42.5 Å². The lowest BCUT2D eigenvalue weighted by Gasteiger charge is -2.16. The number of carbonyl (C=O) groups excluding carboxylic acids is 3. The van der Waals surface area contributed by atoms with Crippen molar-refractivity contribution in [2.75, 3.05) is 10.2 Å². The summed E-state index contributed by atoms with van der Waals surface area (Å²) < 4.78 is 19.5. The Morgan fingerprint density at radius 1 is 0.912 bits per heavy atom. The summed E-state index contributed by atoms with van der Waals surface area (Å²) in [5.74, 6) is -2.22. The maximum absolute atomic E-state index is 14.3. The Morgan fingerprint density at radius 3 is 2.21 bits per heavy atom. The summed E-state index contributed by atoms with van der Waals surface area (Å²) in [5.41, 5.74) is 0.645. The van der Waals surface area contributed by atoms with Gasteiger partial charge in [0.05, 0.1) is 23.0 Å². The number of hydrogen-bond acceptors (Lipinski definition) is 6. The molecule has 3 aromatic rings. The predicted molar refractivity (Wildman–Crippen MR) is 129 cm³/mol. The monoisotopic (exact) mass is 476 g/mol. The van der Waals surface area contributed by atoms with E-state index in [1.54, 1.807) is 19.9 Å². The number of carbonyl (C=O) groups is 3. The third kappa shape index (κ3) is 4.87. The van der Waals surface area contributed by atoms with Crippen molar-refractivity contribution in [2.24, 2.45) is 0 Å². The van der Waals surface area contributed by atoms with Crippen molar-refractivity contribution in [3.05, 3.63) is 101 Å². The van der Waals surface area contributed by atoms with Gasteiger partial charge in [-0.3, -0.25) is 9.59 Å². The molecule has 6 nitrogen and oxygen atoms in total. The van der Waals surface area contributed by atoms with Gasteiger partial charge >= 0.3 is 5.97 Å². The van der Waals surface area contributed by atoms with Crippen LogP contribution in [0.15, 0.2) is 94.4 Å². The van der Waals surface area contributed by atoms with Gasteiger partial charge in [-0.05, 0) is 62.4 Å². The molecule has 2 amide bonds. The number of nitrogens with zero attached hydrogens (tertiary/aromatic N) is 1. The van der Waals surface area contributed by atoms with Crippen molar-refractivity contribution in [1.29, 1.82) is 0 Å². The van der Waals surface area contributed by atoms with Crippen molar-refractivity contribution >= 4 is 40.9 Å². The Morgan fingerprint density at radius 2 is 1.56 bits per heavy atom. The van der Waals surface area contributed by atoms with Crippen LogP contribution >= 0.6 is 11.8 Å². The number of ether oxygens (including phenoxy) is 1. The lowest BCUT2D eigenvalue weighted by atomic mass is 10.2. The largest absolute Gasteiger partial charge is 0.459 e. The highest BCUT2D eigenvalue weighted by Gasteiger charge is 2.40. The number of anilines is 2. The van der Waals surface area contributed by atoms with Crippen LogP contribution in [-0.2, 0) is 14.3 Å². The highest BCUT2D eigenvalue weighted by atomic mass is 32.2. The fourth-order valence-electron chi connectivity index (χ4n) is 3.28. The standard InChI is InChI=1S/C26H21FN2O4S/c1-16(2)33-26(32)17-12-14-18(15-13-17)29-24(30)22(28-21-11-7-6-10-20(21)27)23(25(29)31)34-19-8-4-3-5-9-19/h3-16,28H,1-2H3. The van der Waals surface area contributed by atoms with Crippen LogP contribution in [0.25, 0.3) is 0 Å². The lowest BCUT2D eigenvalue weighted by molar-refractivity contribution is -0.120. The van der Waals surface area contributed by atoms with Crippen molar-refractivity contribution in [3.63, 3.8) is 0 Å². The van der Waals surface area contributed by atoms with E-state index in [0.717, 1.165) is 21.6 Å². The van der Waals surface area contributed by atoms with E-state index in [9.17, 15) is 18.8 Å². The topological polar surface area (TPSA) is 75.7 Å². The Hall–Kier alpha value is -3.91. The number of thioether (sulfide) groups is 1. The van der Waals surface area contributed by atoms with Gasteiger partial charge in [-0.1, -0.05) is 42.1 Å². The minimum Gasteiger partial charge on any atom is -0.459 e. The van der Waals surface area contributed by atoms with Gasteiger partial charge in [0.15, 0.2) is 0 Å². The summed E-state index contributed by atoms with van der Waals surface area (Å²) in [5, 5.41) is 2.81. The maximum Gasteiger partial charge on any atom is 0.338 e. The summed E-state index contributed by atoms with van der Waals surface area (Å²) >= 11 is 1.12. The molecule has 8 heteroatoms. The van der Waals surface area contributed by atoms with Crippen LogP contribution in [-0.4, -0.2) is 23.9 Å². The quantitative estimate of drug-likeness (QED) is 0.365. The van der Waals surface area contributed by atoms with E-state index in [-0.39, 0.29) is 28.1 Å². The predicted octanol–water partition coefficient (Wildman–Crippen LogP) is 5.38. The summed E-state index contributed by atoms with van der Waals surface area (Å²) in [4.78, 5) is 40.8. The molecule has 172 valence electrons. The van der Waals surface area contributed by atoms with Gasteiger partial charge < -0.3 is 10.1 Å². The van der Waals surface area contributed by atoms with E-state index in [0.29, 0.717) is 5.56 Å². The molecule has 0 spiro atoms. The third-order valence-corrected chi connectivity index (χ3v) is 5.93. The van der Waals surface area contributed by atoms with Crippen molar-refractivity contribution in [1.82, 2.24) is 0 Å². The van der Waals surface area contributed by atoms with Gasteiger partial charge in [-0.25, -0.2) is 14.1 Å². The van der Waals surface area contributed by atoms with Crippen LogP contribution in [0.2, 0.25) is 0 Å². The van der Waals surface area contributed by atoms with Crippen LogP contribution in [0.4, 0.5) is 15.8 Å². The molecule has 0 bridgehead atoms. The smallest absolute Gasteiger partial charge is 0.338 e. The van der Waals surface area contributed by atoms with E-state index in [4.69, 9.17) is 4.74 Å². The molecule has 0 saturated heterocycles. The van der Waals surface area contributed by atoms with Crippen molar-refractivity contribution in [2.45, 2.75) is 24.8 Å². The SMILES string of the molecule is CC(C)OC(=O)c1ccc(N2C(=O)C(Nc3ccccc3F)=C(Sc3ccccc3)C2=O)cc1. The molecule has 0 unspecified atom stereocenters. The second-order valence-electron chi connectivity index (χ2n) is 7.67. The van der Waals surface area contributed by atoms with Crippen LogP contribution in [0, 0.1) is 5.82 Å². The molecule has 1 heterocycles. The molecule has 1 aliphatic rings. The van der Waals surface area contributed by atoms with Crippen LogP contribution < -0.4 is 10.2 Å². The number of benzene rings is 3. The zero-order valence-corrected chi connectivity index (χ0v) is 19.3. The lowest BCUT2D eigenvalue weighted by Crippen LogP contribution is -2.32. The zero-order chi connectivity index (χ0) is 24.2. The van der Waals surface area contributed by atoms with E-state index >= 15 is 0 Å². The van der Waals surface area contributed by atoms with Gasteiger partial charge in [0, 0.05) is 4.90 Å². The molecular formula is C26H21FN2O4S. The number of halogens is 1. The van der Waals surface area contributed by atoms with E-state index in [1.807, 2.05) is 30.3 Å². The number of hydrogen-bond donors (Lipinski definition) is 1.